The highest BCUT2D eigenvalue weighted by atomic mass is 19.4. The van der Waals surface area contributed by atoms with E-state index in [4.69, 9.17) is 4.74 Å². The molecule has 0 atom stereocenters. The van der Waals surface area contributed by atoms with Gasteiger partial charge in [-0.25, -0.2) is 4.98 Å². The highest BCUT2D eigenvalue weighted by Gasteiger charge is 2.39. The predicted molar refractivity (Wildman–Crippen MR) is 72.6 cm³/mol. The maximum atomic E-state index is 12.9. The topological polar surface area (TPSA) is 94.0 Å². The van der Waals surface area contributed by atoms with Gasteiger partial charge in [0.05, 0.1) is 12.7 Å². The van der Waals surface area contributed by atoms with Crippen LogP contribution in [0, 0.1) is 0 Å². The zero-order valence-electron chi connectivity index (χ0n) is 12.2. The molecule has 2 aromatic rings. The van der Waals surface area contributed by atoms with Gasteiger partial charge in [0, 0.05) is 25.0 Å². The quantitative estimate of drug-likeness (QED) is 0.807. The summed E-state index contributed by atoms with van der Waals surface area (Å²) in [4.78, 5) is 19.6. The zero-order chi connectivity index (χ0) is 17.0. The molecular weight excluding hydrogens is 317 g/mol. The van der Waals surface area contributed by atoms with Gasteiger partial charge in [0.25, 0.3) is 5.91 Å². The Bertz CT molecular complexity index is 700. The smallest absolute Gasteiger partial charge is 0.435 e. The minimum Gasteiger partial charge on any atom is -0.481 e. The molecule has 2 aromatic heterocycles. The summed E-state index contributed by atoms with van der Waals surface area (Å²) >= 11 is 0. The molecule has 2 rings (SSSR count). The third-order valence-corrected chi connectivity index (χ3v) is 2.73. The number of carbonyl (C=O) groups excluding carboxylic acids is 1. The Balaban J connectivity index is 2.15. The summed E-state index contributed by atoms with van der Waals surface area (Å²) in [5, 5.41) is 3.36. The second-order valence-corrected chi connectivity index (χ2v) is 4.25. The van der Waals surface area contributed by atoms with Gasteiger partial charge < -0.3 is 4.74 Å². The number of ether oxygens (including phenoxy) is 1. The fraction of sp³-hybridized carbons (Fsp3) is 0.333. The Morgan fingerprint density at radius 2 is 2.17 bits per heavy atom. The summed E-state index contributed by atoms with van der Waals surface area (Å²) in [6.45, 7) is 1.81. The van der Waals surface area contributed by atoms with E-state index >= 15 is 0 Å². The molecule has 0 unspecified atom stereocenters. The first kappa shape index (κ1) is 16.5. The number of amides is 1. The van der Waals surface area contributed by atoms with Gasteiger partial charge in [0.1, 0.15) is 0 Å². The van der Waals surface area contributed by atoms with Crippen molar-refractivity contribution >= 4 is 11.9 Å². The van der Waals surface area contributed by atoms with Crippen LogP contribution >= 0.6 is 0 Å². The van der Waals surface area contributed by atoms with Crippen molar-refractivity contribution in [2.75, 3.05) is 12.5 Å². The lowest BCUT2D eigenvalue weighted by Crippen LogP contribution is -2.31. The van der Waals surface area contributed by atoms with E-state index in [1.54, 1.807) is 6.92 Å². The predicted octanol–water partition coefficient (Wildman–Crippen LogP) is 1.48. The average molecular weight is 330 g/mol. The van der Waals surface area contributed by atoms with E-state index in [2.05, 4.69) is 25.9 Å². The second kappa shape index (κ2) is 6.50. The van der Waals surface area contributed by atoms with Crippen molar-refractivity contribution in [1.29, 1.82) is 0 Å². The van der Waals surface area contributed by atoms with E-state index in [1.165, 1.54) is 19.4 Å². The largest absolute Gasteiger partial charge is 0.481 e. The normalized spacial score (nSPS) is 11.2. The van der Waals surface area contributed by atoms with E-state index in [-0.39, 0.29) is 18.4 Å². The highest BCUT2D eigenvalue weighted by molar-refractivity contribution is 5.95. The molecule has 2 heterocycles. The third kappa shape index (κ3) is 3.87. The van der Waals surface area contributed by atoms with Gasteiger partial charge in [-0.3, -0.25) is 20.3 Å². The van der Waals surface area contributed by atoms with Crippen molar-refractivity contribution in [2.24, 2.45) is 0 Å². The number of hydrogen-bond acceptors (Lipinski definition) is 6. The number of alkyl halides is 3. The van der Waals surface area contributed by atoms with Crippen molar-refractivity contribution in [3.63, 3.8) is 0 Å². The first-order valence-corrected chi connectivity index (χ1v) is 6.43. The van der Waals surface area contributed by atoms with Crippen molar-refractivity contribution in [2.45, 2.75) is 19.6 Å². The van der Waals surface area contributed by atoms with Crippen molar-refractivity contribution in [3.05, 3.63) is 29.7 Å². The molecule has 0 aliphatic heterocycles. The number of aromatic nitrogens is 4. The number of aryl methyl sites for hydroxylation is 1. The van der Waals surface area contributed by atoms with Crippen LogP contribution in [0.4, 0.5) is 19.1 Å². The molecule has 0 saturated carbocycles. The van der Waals surface area contributed by atoms with Crippen molar-refractivity contribution in [1.82, 2.24) is 25.2 Å². The van der Waals surface area contributed by atoms with E-state index in [9.17, 15) is 18.0 Å². The Labute approximate surface area is 128 Å². The summed E-state index contributed by atoms with van der Waals surface area (Å²) < 4.78 is 44.6. The number of hydrogen-bond donors (Lipinski definition) is 2. The summed E-state index contributed by atoms with van der Waals surface area (Å²) in [6.07, 6.45) is -2.36. The third-order valence-electron chi connectivity index (χ3n) is 2.73. The monoisotopic (exact) mass is 330 g/mol. The lowest BCUT2D eigenvalue weighted by atomic mass is 10.2. The number of carbonyl (C=O) groups is 1. The van der Waals surface area contributed by atoms with E-state index in [0.717, 1.165) is 10.9 Å². The first-order valence-electron chi connectivity index (χ1n) is 6.43. The first-order chi connectivity index (χ1) is 10.8. The maximum Gasteiger partial charge on any atom is 0.435 e. The highest BCUT2D eigenvalue weighted by Crippen LogP contribution is 2.30. The molecule has 124 valence electrons. The van der Waals surface area contributed by atoms with Crippen LogP contribution in [-0.4, -0.2) is 32.8 Å². The maximum absolute atomic E-state index is 12.9. The molecule has 0 aliphatic carbocycles. The molecule has 8 nitrogen and oxygen atoms in total. The molecule has 0 aromatic carbocycles. The molecule has 0 aliphatic rings. The Hall–Kier alpha value is -2.85. The van der Waals surface area contributed by atoms with Gasteiger partial charge in [-0.05, 0) is 6.92 Å². The van der Waals surface area contributed by atoms with Gasteiger partial charge >= 0.3 is 6.18 Å². The fourth-order valence-corrected chi connectivity index (χ4v) is 1.65. The number of halogens is 3. The molecule has 1 amide bonds. The summed E-state index contributed by atoms with van der Waals surface area (Å²) in [5.74, 6) is -0.816. The standard InChI is InChI=1S/C12H13F3N6O2/c1-3-21-6-7(9(20-21)12(13,14)15)10(22)18-19-11-16-5-4-8(17-11)23-2/h4-6H,3H2,1-2H3,(H,18,22)(H,16,17,19). The summed E-state index contributed by atoms with van der Waals surface area (Å²) in [6, 6.07) is 1.47. The summed E-state index contributed by atoms with van der Waals surface area (Å²) in [7, 11) is 1.39. The number of rotatable bonds is 5. The number of nitrogens with zero attached hydrogens (tertiary/aromatic N) is 4. The van der Waals surface area contributed by atoms with Gasteiger partial charge in [-0.1, -0.05) is 0 Å². The van der Waals surface area contributed by atoms with Gasteiger partial charge in [0.2, 0.25) is 11.8 Å². The van der Waals surface area contributed by atoms with Crippen LogP contribution in [-0.2, 0) is 12.7 Å². The molecular formula is C12H13F3N6O2. The van der Waals surface area contributed by atoms with Crippen molar-refractivity contribution < 1.29 is 22.7 Å². The van der Waals surface area contributed by atoms with Gasteiger partial charge in [0.15, 0.2) is 5.69 Å². The van der Waals surface area contributed by atoms with Crippen LogP contribution in [0.25, 0.3) is 0 Å². The van der Waals surface area contributed by atoms with Crippen LogP contribution in [0.2, 0.25) is 0 Å². The number of anilines is 1. The molecule has 23 heavy (non-hydrogen) atoms. The lowest BCUT2D eigenvalue weighted by Gasteiger charge is -2.08. The molecule has 2 N–H and O–H groups in total. The molecule has 0 fully saturated rings. The van der Waals surface area contributed by atoms with Crippen LogP contribution in [0.3, 0.4) is 0 Å². The van der Waals surface area contributed by atoms with Crippen LogP contribution in [0.15, 0.2) is 18.5 Å². The fourth-order valence-electron chi connectivity index (χ4n) is 1.65. The Morgan fingerprint density at radius 3 is 2.78 bits per heavy atom. The molecule has 11 heteroatoms. The van der Waals surface area contributed by atoms with E-state index in [0.29, 0.717) is 0 Å². The van der Waals surface area contributed by atoms with E-state index < -0.39 is 23.3 Å². The van der Waals surface area contributed by atoms with Crippen LogP contribution in [0.5, 0.6) is 5.88 Å². The summed E-state index contributed by atoms with van der Waals surface area (Å²) in [5.41, 5.74) is 2.55. The van der Waals surface area contributed by atoms with Crippen LogP contribution < -0.4 is 15.6 Å². The molecule has 0 saturated heterocycles. The average Bonchev–Trinajstić information content (AvgIpc) is 2.97. The Morgan fingerprint density at radius 1 is 1.43 bits per heavy atom. The second-order valence-electron chi connectivity index (χ2n) is 4.25. The zero-order valence-corrected chi connectivity index (χ0v) is 12.2. The van der Waals surface area contributed by atoms with E-state index in [1.807, 2.05) is 0 Å². The number of nitrogens with one attached hydrogen (secondary N) is 2. The van der Waals surface area contributed by atoms with Gasteiger partial charge in [-0.2, -0.15) is 23.3 Å². The molecule has 0 radical (unpaired) electrons. The van der Waals surface area contributed by atoms with Crippen LogP contribution in [0.1, 0.15) is 23.0 Å². The minimum atomic E-state index is -4.74. The minimum absolute atomic E-state index is 0.0332. The molecule has 0 bridgehead atoms. The molecule has 0 spiro atoms. The van der Waals surface area contributed by atoms with Crippen molar-refractivity contribution in [3.8, 4) is 5.88 Å². The lowest BCUT2D eigenvalue weighted by molar-refractivity contribution is -0.141. The SMILES string of the molecule is CCn1cc(C(=O)NNc2nccc(OC)n2)c(C(F)(F)F)n1. The van der Waals surface area contributed by atoms with Gasteiger partial charge in [-0.15, -0.1) is 0 Å². The Kier molecular flexibility index (Phi) is 4.67. The number of methoxy groups -OCH3 is 1. The number of hydrazine groups is 1.